The van der Waals surface area contributed by atoms with Crippen molar-refractivity contribution in [3.8, 4) is 0 Å². The van der Waals surface area contributed by atoms with Gasteiger partial charge in [-0.3, -0.25) is 9.78 Å². The third kappa shape index (κ3) is 3.02. The number of carbonyl (C=O) groups is 1. The summed E-state index contributed by atoms with van der Waals surface area (Å²) in [6.45, 7) is 7.56. The van der Waals surface area contributed by atoms with Crippen molar-refractivity contribution in [1.82, 2.24) is 4.98 Å². The van der Waals surface area contributed by atoms with Gasteiger partial charge in [-0.2, -0.15) is 0 Å². The van der Waals surface area contributed by atoms with Gasteiger partial charge in [0.05, 0.1) is 12.6 Å². The molecule has 4 heteroatoms. The first-order chi connectivity index (χ1) is 7.84. The van der Waals surface area contributed by atoms with Gasteiger partial charge in [0.25, 0.3) is 0 Å². The largest absolute Gasteiger partial charge is 0.481 e. The minimum atomic E-state index is -0.957. The number of carboxylic acid groups (broad SMARTS) is 1. The number of aromatic nitrogens is 1. The Labute approximate surface area is 101 Å². The van der Waals surface area contributed by atoms with Crippen LogP contribution in [0.4, 0.5) is 4.39 Å². The standard InChI is InChI=1S/C13H18FNO2/c1-7(2)12-9(5-11(16)17)13(8(3)4)15-6-10(12)14/h6-8H,5H2,1-4H3,(H,16,17). The quantitative estimate of drug-likeness (QED) is 0.878. The average molecular weight is 239 g/mol. The van der Waals surface area contributed by atoms with E-state index in [0.717, 1.165) is 0 Å². The lowest BCUT2D eigenvalue weighted by Crippen LogP contribution is -2.13. The Morgan fingerprint density at radius 1 is 1.35 bits per heavy atom. The van der Waals surface area contributed by atoms with Crippen molar-refractivity contribution in [3.05, 3.63) is 28.8 Å². The van der Waals surface area contributed by atoms with E-state index in [0.29, 0.717) is 16.8 Å². The molecule has 0 aromatic carbocycles. The molecule has 0 radical (unpaired) electrons. The summed E-state index contributed by atoms with van der Waals surface area (Å²) in [7, 11) is 0. The maximum Gasteiger partial charge on any atom is 0.307 e. The zero-order valence-electron chi connectivity index (χ0n) is 10.6. The molecule has 1 aromatic rings. The molecule has 0 bridgehead atoms. The second-order valence-electron chi connectivity index (χ2n) is 4.76. The van der Waals surface area contributed by atoms with E-state index in [1.165, 1.54) is 6.20 Å². The normalized spacial score (nSPS) is 11.2. The molecule has 0 aliphatic heterocycles. The number of hydrogen-bond donors (Lipinski definition) is 1. The van der Waals surface area contributed by atoms with Gasteiger partial charge in [0.15, 0.2) is 0 Å². The van der Waals surface area contributed by atoms with Crippen LogP contribution in [0.2, 0.25) is 0 Å². The lowest BCUT2D eigenvalue weighted by Gasteiger charge is -2.18. The van der Waals surface area contributed by atoms with Gasteiger partial charge in [-0.05, 0) is 23.0 Å². The lowest BCUT2D eigenvalue weighted by atomic mass is 9.91. The molecule has 1 aromatic heterocycles. The molecule has 3 nitrogen and oxygen atoms in total. The Kier molecular flexibility index (Phi) is 4.21. The minimum Gasteiger partial charge on any atom is -0.481 e. The predicted molar refractivity (Wildman–Crippen MR) is 63.7 cm³/mol. The topological polar surface area (TPSA) is 50.2 Å². The minimum absolute atomic E-state index is 0.0511. The fraction of sp³-hybridized carbons (Fsp3) is 0.538. The highest BCUT2D eigenvalue weighted by Crippen LogP contribution is 2.28. The zero-order valence-corrected chi connectivity index (χ0v) is 10.6. The number of rotatable bonds is 4. The maximum absolute atomic E-state index is 13.7. The molecule has 1 N–H and O–H groups in total. The highest BCUT2D eigenvalue weighted by molar-refractivity contribution is 5.71. The highest BCUT2D eigenvalue weighted by atomic mass is 19.1. The van der Waals surface area contributed by atoms with Crippen LogP contribution in [0.5, 0.6) is 0 Å². The van der Waals surface area contributed by atoms with Crippen molar-refractivity contribution in [1.29, 1.82) is 0 Å². The molecule has 0 fully saturated rings. The lowest BCUT2D eigenvalue weighted by molar-refractivity contribution is -0.136. The van der Waals surface area contributed by atoms with E-state index in [1.54, 1.807) is 0 Å². The summed E-state index contributed by atoms with van der Waals surface area (Å²) >= 11 is 0. The maximum atomic E-state index is 13.7. The van der Waals surface area contributed by atoms with Crippen LogP contribution in [0.1, 0.15) is 56.4 Å². The molecule has 1 rings (SSSR count). The van der Waals surface area contributed by atoms with Crippen LogP contribution in [-0.4, -0.2) is 16.1 Å². The van der Waals surface area contributed by atoms with Gasteiger partial charge in [-0.15, -0.1) is 0 Å². The van der Waals surface area contributed by atoms with Crippen LogP contribution >= 0.6 is 0 Å². The molecule has 0 aliphatic rings. The molecule has 0 saturated carbocycles. The molecular formula is C13H18FNO2. The van der Waals surface area contributed by atoms with E-state index in [4.69, 9.17) is 5.11 Å². The summed E-state index contributed by atoms with van der Waals surface area (Å²) < 4.78 is 13.7. The van der Waals surface area contributed by atoms with E-state index in [9.17, 15) is 9.18 Å². The Bertz CT molecular complexity index is 428. The summed E-state index contributed by atoms with van der Waals surface area (Å²) in [5, 5.41) is 8.92. The van der Waals surface area contributed by atoms with Gasteiger partial charge in [0, 0.05) is 5.69 Å². The zero-order chi connectivity index (χ0) is 13.2. The summed E-state index contributed by atoms with van der Waals surface area (Å²) in [6.07, 6.45) is 1.02. The van der Waals surface area contributed by atoms with Crippen LogP contribution < -0.4 is 0 Å². The van der Waals surface area contributed by atoms with Crippen LogP contribution in [0, 0.1) is 5.82 Å². The van der Waals surface area contributed by atoms with Crippen molar-refractivity contribution in [3.63, 3.8) is 0 Å². The molecule has 1 heterocycles. The molecule has 0 spiro atoms. The van der Waals surface area contributed by atoms with E-state index in [1.807, 2.05) is 27.7 Å². The van der Waals surface area contributed by atoms with E-state index in [2.05, 4.69) is 4.98 Å². The van der Waals surface area contributed by atoms with Crippen molar-refractivity contribution >= 4 is 5.97 Å². The first-order valence-electron chi connectivity index (χ1n) is 5.73. The summed E-state index contributed by atoms with van der Waals surface area (Å²) in [6, 6.07) is 0. The van der Waals surface area contributed by atoms with Crippen LogP contribution in [-0.2, 0) is 11.2 Å². The van der Waals surface area contributed by atoms with E-state index in [-0.39, 0.29) is 18.3 Å². The first kappa shape index (κ1) is 13.6. The first-order valence-corrected chi connectivity index (χ1v) is 5.73. The smallest absolute Gasteiger partial charge is 0.307 e. The van der Waals surface area contributed by atoms with Crippen molar-refractivity contribution in [2.75, 3.05) is 0 Å². The molecule has 0 aliphatic carbocycles. The number of carboxylic acids is 1. The Balaban J connectivity index is 3.43. The summed E-state index contributed by atoms with van der Waals surface area (Å²) in [4.78, 5) is 14.9. The Morgan fingerprint density at radius 3 is 2.35 bits per heavy atom. The molecule has 0 unspecified atom stereocenters. The molecular weight excluding hydrogens is 221 g/mol. The molecule has 17 heavy (non-hydrogen) atoms. The number of hydrogen-bond acceptors (Lipinski definition) is 2. The SMILES string of the molecule is CC(C)c1ncc(F)c(C(C)C)c1CC(=O)O. The summed E-state index contributed by atoms with van der Waals surface area (Å²) in [5.41, 5.74) is 1.69. The average Bonchev–Trinajstić information content (AvgIpc) is 2.15. The number of pyridine rings is 1. The Hall–Kier alpha value is -1.45. The number of nitrogens with zero attached hydrogens (tertiary/aromatic N) is 1. The van der Waals surface area contributed by atoms with Gasteiger partial charge in [0.2, 0.25) is 0 Å². The fourth-order valence-electron chi connectivity index (χ4n) is 2.01. The van der Waals surface area contributed by atoms with Crippen LogP contribution in [0.25, 0.3) is 0 Å². The monoisotopic (exact) mass is 239 g/mol. The molecule has 94 valence electrons. The molecule has 0 saturated heterocycles. The van der Waals surface area contributed by atoms with Gasteiger partial charge in [-0.25, -0.2) is 4.39 Å². The fourth-order valence-corrected chi connectivity index (χ4v) is 2.01. The van der Waals surface area contributed by atoms with Crippen molar-refractivity contribution in [2.24, 2.45) is 0 Å². The third-order valence-electron chi connectivity index (χ3n) is 2.66. The number of aliphatic carboxylic acids is 1. The second-order valence-corrected chi connectivity index (χ2v) is 4.76. The highest BCUT2D eigenvalue weighted by Gasteiger charge is 2.20. The van der Waals surface area contributed by atoms with Gasteiger partial charge in [0.1, 0.15) is 5.82 Å². The van der Waals surface area contributed by atoms with Gasteiger partial charge < -0.3 is 5.11 Å². The van der Waals surface area contributed by atoms with E-state index < -0.39 is 11.8 Å². The van der Waals surface area contributed by atoms with Crippen LogP contribution in [0.3, 0.4) is 0 Å². The Morgan fingerprint density at radius 2 is 1.94 bits per heavy atom. The second kappa shape index (κ2) is 5.25. The van der Waals surface area contributed by atoms with Gasteiger partial charge >= 0.3 is 5.97 Å². The van der Waals surface area contributed by atoms with Crippen LogP contribution in [0.15, 0.2) is 6.20 Å². The third-order valence-corrected chi connectivity index (χ3v) is 2.66. The van der Waals surface area contributed by atoms with Crippen molar-refractivity contribution in [2.45, 2.75) is 46.0 Å². The van der Waals surface area contributed by atoms with E-state index >= 15 is 0 Å². The van der Waals surface area contributed by atoms with Crippen molar-refractivity contribution < 1.29 is 14.3 Å². The molecule has 0 amide bonds. The molecule has 0 atom stereocenters. The predicted octanol–water partition coefficient (Wildman–Crippen LogP) is 3.09. The van der Waals surface area contributed by atoms with Gasteiger partial charge in [-0.1, -0.05) is 27.7 Å². The summed E-state index contributed by atoms with van der Waals surface area (Å²) in [5.74, 6) is -1.34. The number of halogens is 1.